The Morgan fingerprint density at radius 1 is 1.25 bits per heavy atom. The molecule has 3 aromatic rings. The maximum atomic E-state index is 12.2. The van der Waals surface area contributed by atoms with E-state index in [9.17, 15) is 9.59 Å². The van der Waals surface area contributed by atoms with Gasteiger partial charge < -0.3 is 5.32 Å². The van der Waals surface area contributed by atoms with Crippen LogP contribution in [-0.2, 0) is 11.3 Å². The van der Waals surface area contributed by atoms with E-state index in [4.69, 9.17) is 0 Å². The topological polar surface area (TPSA) is 76.9 Å². The lowest BCUT2D eigenvalue weighted by Gasteiger charge is -2.07. The normalized spacial score (nSPS) is 11.0. The zero-order valence-corrected chi connectivity index (χ0v) is 14.8. The first-order valence-electron chi connectivity index (χ1n) is 7.55. The molecule has 24 heavy (non-hydrogen) atoms. The Bertz CT molecular complexity index is 1000. The van der Waals surface area contributed by atoms with E-state index in [0.29, 0.717) is 16.4 Å². The minimum atomic E-state index is -0.296. The van der Waals surface area contributed by atoms with E-state index in [1.54, 1.807) is 13.8 Å². The van der Waals surface area contributed by atoms with Crippen LogP contribution in [0.3, 0.4) is 0 Å². The third-order valence-corrected chi connectivity index (χ3v) is 5.02. The number of aromatic nitrogens is 3. The number of carbonyl (C=O) groups is 1. The molecule has 1 amide bonds. The number of hydrogen-bond acceptors (Lipinski definition) is 5. The predicted molar refractivity (Wildman–Crippen MR) is 95.7 cm³/mol. The lowest BCUT2D eigenvalue weighted by atomic mass is 10.1. The Labute approximate surface area is 143 Å². The van der Waals surface area contributed by atoms with Crippen LogP contribution in [0.15, 0.2) is 23.3 Å². The minimum Gasteiger partial charge on any atom is -0.300 e. The Hall–Kier alpha value is -2.54. The molecule has 0 aliphatic rings. The summed E-state index contributed by atoms with van der Waals surface area (Å²) in [5.41, 5.74) is 4.17. The number of rotatable bonds is 3. The largest absolute Gasteiger partial charge is 0.300 e. The Morgan fingerprint density at radius 3 is 2.75 bits per heavy atom. The second-order valence-electron chi connectivity index (χ2n) is 5.89. The molecule has 124 valence electrons. The molecule has 3 rings (SSSR count). The average molecular weight is 342 g/mol. The highest BCUT2D eigenvalue weighted by molar-refractivity contribution is 7.22. The van der Waals surface area contributed by atoms with E-state index >= 15 is 0 Å². The molecule has 0 bridgehead atoms. The van der Waals surface area contributed by atoms with Crippen LogP contribution in [0.4, 0.5) is 5.13 Å². The molecule has 0 unspecified atom stereocenters. The molecule has 0 aliphatic heterocycles. The summed E-state index contributed by atoms with van der Waals surface area (Å²) >= 11 is 1.44. The second kappa shape index (κ2) is 6.16. The van der Waals surface area contributed by atoms with E-state index < -0.39 is 0 Å². The smallest absolute Gasteiger partial charge is 0.256 e. The van der Waals surface area contributed by atoms with Crippen molar-refractivity contribution in [3.05, 3.63) is 51.2 Å². The number of anilines is 1. The van der Waals surface area contributed by atoms with Crippen molar-refractivity contribution in [3.63, 3.8) is 0 Å². The summed E-state index contributed by atoms with van der Waals surface area (Å²) in [5, 5.41) is 3.30. The Balaban J connectivity index is 1.82. The number of nitrogens with zero attached hydrogens (tertiary/aromatic N) is 3. The third-order valence-electron chi connectivity index (χ3n) is 3.90. The molecule has 0 aliphatic carbocycles. The quantitative estimate of drug-likeness (QED) is 0.794. The van der Waals surface area contributed by atoms with Gasteiger partial charge in [0.05, 0.1) is 16.5 Å². The van der Waals surface area contributed by atoms with E-state index in [1.165, 1.54) is 22.2 Å². The first kappa shape index (κ1) is 16.3. The summed E-state index contributed by atoms with van der Waals surface area (Å²) < 4.78 is 2.36. The number of hydrogen-bond donors (Lipinski definition) is 1. The molecule has 0 saturated heterocycles. The summed E-state index contributed by atoms with van der Waals surface area (Å²) in [6.07, 6.45) is 1.40. The van der Waals surface area contributed by atoms with Gasteiger partial charge >= 0.3 is 0 Å². The monoisotopic (exact) mass is 342 g/mol. The number of thiazole rings is 1. The van der Waals surface area contributed by atoms with Crippen LogP contribution in [0.25, 0.3) is 10.2 Å². The minimum absolute atomic E-state index is 0.0825. The van der Waals surface area contributed by atoms with Crippen molar-refractivity contribution in [3.8, 4) is 0 Å². The molecular formula is C17H18N4O2S. The SMILES string of the molecule is Cc1cc(C)c2sc(NC(=O)Cn3cnc(C)c(C)c3=O)nc2c1. The standard InChI is InChI=1S/C17H18N4O2S/c1-9-5-10(2)15-13(6-9)19-17(24-15)20-14(22)7-21-8-18-12(4)11(3)16(21)23/h5-6,8H,7H2,1-4H3,(H,19,20,22). The molecule has 0 saturated carbocycles. The van der Waals surface area contributed by atoms with Gasteiger partial charge in [-0.3, -0.25) is 14.2 Å². The highest BCUT2D eigenvalue weighted by Gasteiger charge is 2.12. The summed E-state index contributed by atoms with van der Waals surface area (Å²) in [7, 11) is 0. The summed E-state index contributed by atoms with van der Waals surface area (Å²) in [6.45, 7) is 7.44. The molecule has 0 fully saturated rings. The highest BCUT2D eigenvalue weighted by Crippen LogP contribution is 2.29. The fourth-order valence-corrected chi connectivity index (χ4v) is 3.46. The zero-order chi connectivity index (χ0) is 17.4. The van der Waals surface area contributed by atoms with Crippen molar-refractivity contribution in [1.82, 2.24) is 14.5 Å². The maximum absolute atomic E-state index is 12.2. The Morgan fingerprint density at radius 2 is 2.00 bits per heavy atom. The van der Waals surface area contributed by atoms with Crippen molar-refractivity contribution in [2.24, 2.45) is 0 Å². The molecule has 2 heterocycles. The van der Waals surface area contributed by atoms with Gasteiger partial charge in [-0.15, -0.1) is 0 Å². The molecule has 0 atom stereocenters. The lowest BCUT2D eigenvalue weighted by Crippen LogP contribution is -2.29. The number of benzene rings is 1. The summed E-state index contributed by atoms with van der Waals surface area (Å²) in [5.74, 6) is -0.296. The van der Waals surface area contributed by atoms with Crippen LogP contribution in [0.5, 0.6) is 0 Å². The molecule has 1 N–H and O–H groups in total. The molecule has 1 aromatic carbocycles. The van der Waals surface area contributed by atoms with Crippen LogP contribution in [0, 0.1) is 27.7 Å². The van der Waals surface area contributed by atoms with E-state index in [1.807, 2.05) is 19.9 Å². The lowest BCUT2D eigenvalue weighted by molar-refractivity contribution is -0.116. The van der Waals surface area contributed by atoms with Crippen molar-refractivity contribution in [2.45, 2.75) is 34.2 Å². The molecule has 0 radical (unpaired) electrons. The number of carbonyl (C=O) groups excluding carboxylic acids is 1. The van der Waals surface area contributed by atoms with Crippen molar-refractivity contribution >= 4 is 32.6 Å². The van der Waals surface area contributed by atoms with Gasteiger partial charge in [-0.25, -0.2) is 9.97 Å². The summed E-state index contributed by atoms with van der Waals surface area (Å²) in [6, 6.07) is 4.08. The van der Waals surface area contributed by atoms with Gasteiger partial charge in [0.25, 0.3) is 5.56 Å². The van der Waals surface area contributed by atoms with Gasteiger partial charge in [-0.05, 0) is 44.9 Å². The van der Waals surface area contributed by atoms with Crippen molar-refractivity contribution < 1.29 is 4.79 Å². The fraction of sp³-hybridized carbons (Fsp3) is 0.294. The first-order valence-corrected chi connectivity index (χ1v) is 8.37. The van der Waals surface area contributed by atoms with Crippen LogP contribution in [-0.4, -0.2) is 20.4 Å². The van der Waals surface area contributed by atoms with Crippen LogP contribution >= 0.6 is 11.3 Å². The molecule has 7 heteroatoms. The Kier molecular flexibility index (Phi) is 4.19. The zero-order valence-electron chi connectivity index (χ0n) is 14.0. The van der Waals surface area contributed by atoms with Gasteiger partial charge in [0.15, 0.2) is 5.13 Å². The highest BCUT2D eigenvalue weighted by atomic mass is 32.1. The molecular weight excluding hydrogens is 324 g/mol. The maximum Gasteiger partial charge on any atom is 0.256 e. The van der Waals surface area contributed by atoms with E-state index in [-0.39, 0.29) is 18.0 Å². The first-order chi connectivity index (χ1) is 11.3. The molecule has 6 nitrogen and oxygen atoms in total. The van der Waals surface area contributed by atoms with Gasteiger partial charge in [0.1, 0.15) is 6.54 Å². The van der Waals surface area contributed by atoms with Crippen LogP contribution < -0.4 is 10.9 Å². The predicted octanol–water partition coefficient (Wildman–Crippen LogP) is 2.73. The number of amides is 1. The van der Waals surface area contributed by atoms with Gasteiger partial charge in [-0.1, -0.05) is 17.4 Å². The van der Waals surface area contributed by atoms with E-state index in [0.717, 1.165) is 21.3 Å². The van der Waals surface area contributed by atoms with Crippen LogP contribution in [0.2, 0.25) is 0 Å². The fourth-order valence-electron chi connectivity index (χ4n) is 2.53. The third kappa shape index (κ3) is 3.07. The number of aryl methyl sites for hydroxylation is 3. The number of nitrogens with one attached hydrogen (secondary N) is 1. The summed E-state index contributed by atoms with van der Waals surface area (Å²) in [4.78, 5) is 32.9. The van der Waals surface area contributed by atoms with Gasteiger partial charge in [-0.2, -0.15) is 0 Å². The average Bonchev–Trinajstić information content (AvgIpc) is 2.90. The van der Waals surface area contributed by atoms with E-state index in [2.05, 4.69) is 21.4 Å². The number of fused-ring (bicyclic) bond motifs is 1. The van der Waals surface area contributed by atoms with Gasteiger partial charge in [0, 0.05) is 11.3 Å². The molecule has 0 spiro atoms. The van der Waals surface area contributed by atoms with Crippen molar-refractivity contribution in [2.75, 3.05) is 5.32 Å². The van der Waals surface area contributed by atoms with Gasteiger partial charge in [0.2, 0.25) is 5.91 Å². The molecule has 2 aromatic heterocycles. The van der Waals surface area contributed by atoms with Crippen molar-refractivity contribution in [1.29, 1.82) is 0 Å². The second-order valence-corrected chi connectivity index (χ2v) is 6.88. The van der Waals surface area contributed by atoms with Crippen LogP contribution in [0.1, 0.15) is 22.4 Å².